The maximum Gasteiger partial charge on any atom is 0.214 e. The van der Waals surface area contributed by atoms with Gasteiger partial charge in [0.1, 0.15) is 0 Å². The maximum absolute atomic E-state index is 12.0. The highest BCUT2D eigenvalue weighted by Gasteiger charge is 2.29. The van der Waals surface area contributed by atoms with Crippen molar-refractivity contribution in [2.24, 2.45) is 11.7 Å². The Morgan fingerprint density at radius 1 is 1.59 bits per heavy atom. The van der Waals surface area contributed by atoms with E-state index in [-0.39, 0.29) is 17.5 Å². The summed E-state index contributed by atoms with van der Waals surface area (Å²) in [6, 6.07) is 0. The minimum atomic E-state index is -3.22. The molecule has 0 aromatic carbocycles. The van der Waals surface area contributed by atoms with Crippen molar-refractivity contribution < 1.29 is 13.2 Å². The van der Waals surface area contributed by atoms with E-state index in [1.165, 1.54) is 4.31 Å². The SMILES string of the molecule is COCCCS(=O)(=O)N1CCCC(C(=N)N)C1. The smallest absolute Gasteiger partial charge is 0.214 e. The highest BCUT2D eigenvalue weighted by molar-refractivity contribution is 7.89. The topological polar surface area (TPSA) is 96.5 Å². The van der Waals surface area contributed by atoms with E-state index in [4.69, 9.17) is 15.9 Å². The van der Waals surface area contributed by atoms with Gasteiger partial charge >= 0.3 is 0 Å². The first-order valence-corrected chi connectivity index (χ1v) is 7.39. The quantitative estimate of drug-likeness (QED) is 0.400. The van der Waals surface area contributed by atoms with Crippen LogP contribution in [0.4, 0.5) is 0 Å². The van der Waals surface area contributed by atoms with Gasteiger partial charge in [0.15, 0.2) is 0 Å². The maximum atomic E-state index is 12.0. The summed E-state index contributed by atoms with van der Waals surface area (Å²) in [6.45, 7) is 1.34. The number of nitrogens with one attached hydrogen (secondary N) is 1. The molecule has 3 N–H and O–H groups in total. The third-order valence-corrected chi connectivity index (χ3v) is 4.89. The van der Waals surface area contributed by atoms with E-state index in [2.05, 4.69) is 0 Å². The second-order valence-electron chi connectivity index (χ2n) is 4.31. The van der Waals surface area contributed by atoms with Gasteiger partial charge in [0.25, 0.3) is 0 Å². The molecule has 0 saturated carbocycles. The molecule has 1 aliphatic heterocycles. The minimum Gasteiger partial charge on any atom is -0.387 e. The van der Waals surface area contributed by atoms with Crippen LogP contribution in [0, 0.1) is 11.3 Å². The van der Waals surface area contributed by atoms with Gasteiger partial charge in [0, 0.05) is 32.7 Å². The highest BCUT2D eigenvalue weighted by atomic mass is 32.2. The molecule has 6 nitrogen and oxygen atoms in total. The number of amidine groups is 1. The molecule has 1 heterocycles. The standard InChI is InChI=1S/C10H21N3O3S/c1-16-6-3-7-17(14,15)13-5-2-4-9(8-13)10(11)12/h9H,2-8H2,1H3,(H3,11,12). The van der Waals surface area contributed by atoms with Crippen LogP contribution in [-0.2, 0) is 14.8 Å². The summed E-state index contributed by atoms with van der Waals surface area (Å²) in [7, 11) is -1.67. The summed E-state index contributed by atoms with van der Waals surface area (Å²) < 4.78 is 30.3. The number of nitrogens with zero attached hydrogens (tertiary/aromatic N) is 1. The molecule has 0 bridgehead atoms. The van der Waals surface area contributed by atoms with E-state index >= 15 is 0 Å². The zero-order chi connectivity index (χ0) is 12.9. The Morgan fingerprint density at radius 3 is 2.88 bits per heavy atom. The number of methoxy groups -OCH3 is 1. The molecule has 100 valence electrons. The number of hydrogen-bond donors (Lipinski definition) is 2. The molecule has 0 aromatic rings. The molecule has 1 saturated heterocycles. The molecule has 17 heavy (non-hydrogen) atoms. The third-order valence-electron chi connectivity index (χ3n) is 2.97. The molecule has 1 fully saturated rings. The molecule has 0 radical (unpaired) electrons. The Hall–Kier alpha value is -0.660. The van der Waals surface area contributed by atoms with Crippen molar-refractivity contribution in [2.45, 2.75) is 19.3 Å². The third kappa shape index (κ3) is 4.25. The summed E-state index contributed by atoms with van der Waals surface area (Å²) in [5.41, 5.74) is 5.44. The van der Waals surface area contributed by atoms with E-state index in [9.17, 15) is 8.42 Å². The molecule has 1 rings (SSSR count). The van der Waals surface area contributed by atoms with E-state index in [1.54, 1.807) is 7.11 Å². The van der Waals surface area contributed by atoms with Crippen LogP contribution in [0.2, 0.25) is 0 Å². The Morgan fingerprint density at radius 2 is 2.29 bits per heavy atom. The van der Waals surface area contributed by atoms with E-state index in [0.717, 1.165) is 12.8 Å². The van der Waals surface area contributed by atoms with Crippen LogP contribution in [0.5, 0.6) is 0 Å². The lowest BCUT2D eigenvalue weighted by Gasteiger charge is -2.31. The fourth-order valence-electron chi connectivity index (χ4n) is 1.96. The summed E-state index contributed by atoms with van der Waals surface area (Å²) in [4.78, 5) is 0. The Balaban J connectivity index is 2.55. The normalized spacial score (nSPS) is 22.5. The van der Waals surface area contributed by atoms with Crippen molar-refractivity contribution in [3.8, 4) is 0 Å². The fraction of sp³-hybridized carbons (Fsp3) is 0.900. The van der Waals surface area contributed by atoms with Gasteiger partial charge in [-0.2, -0.15) is 0 Å². The summed E-state index contributed by atoms with van der Waals surface area (Å²) in [6.07, 6.45) is 2.08. The summed E-state index contributed by atoms with van der Waals surface area (Å²) in [5, 5.41) is 7.39. The average molecular weight is 263 g/mol. The van der Waals surface area contributed by atoms with Crippen LogP contribution in [-0.4, -0.2) is 51.1 Å². The van der Waals surface area contributed by atoms with Crippen LogP contribution in [0.25, 0.3) is 0 Å². The van der Waals surface area contributed by atoms with Crippen LogP contribution in [0.15, 0.2) is 0 Å². The van der Waals surface area contributed by atoms with Gasteiger partial charge < -0.3 is 10.5 Å². The van der Waals surface area contributed by atoms with Crippen molar-refractivity contribution >= 4 is 15.9 Å². The number of ether oxygens (including phenoxy) is 1. The van der Waals surface area contributed by atoms with Gasteiger partial charge in [-0.1, -0.05) is 0 Å². The molecule has 1 aliphatic rings. The van der Waals surface area contributed by atoms with Crippen molar-refractivity contribution in [1.82, 2.24) is 4.31 Å². The second-order valence-corrected chi connectivity index (χ2v) is 6.40. The Labute approximate surface area is 103 Å². The average Bonchev–Trinajstić information content (AvgIpc) is 2.29. The van der Waals surface area contributed by atoms with Gasteiger partial charge in [0.05, 0.1) is 11.6 Å². The highest BCUT2D eigenvalue weighted by Crippen LogP contribution is 2.19. The molecule has 0 aliphatic carbocycles. The fourth-order valence-corrected chi connectivity index (χ4v) is 3.52. The van der Waals surface area contributed by atoms with E-state index in [1.807, 2.05) is 0 Å². The predicted molar refractivity (Wildman–Crippen MR) is 66.5 cm³/mol. The lowest BCUT2D eigenvalue weighted by atomic mass is 9.99. The zero-order valence-corrected chi connectivity index (χ0v) is 11.0. The van der Waals surface area contributed by atoms with Crippen LogP contribution in [0.1, 0.15) is 19.3 Å². The lowest BCUT2D eigenvalue weighted by molar-refractivity contribution is 0.199. The van der Waals surface area contributed by atoms with E-state index in [0.29, 0.717) is 26.1 Å². The van der Waals surface area contributed by atoms with Crippen LogP contribution in [0.3, 0.4) is 0 Å². The Bertz CT molecular complexity index is 356. The molecule has 0 spiro atoms. The minimum absolute atomic E-state index is 0.0850. The number of hydrogen-bond acceptors (Lipinski definition) is 4. The Kier molecular flexibility index (Phi) is 5.35. The first kappa shape index (κ1) is 14.4. The first-order valence-electron chi connectivity index (χ1n) is 5.78. The van der Waals surface area contributed by atoms with Crippen molar-refractivity contribution in [2.75, 3.05) is 32.6 Å². The predicted octanol–water partition coefficient (Wildman–Crippen LogP) is 0.000670. The number of sulfonamides is 1. The molecule has 1 unspecified atom stereocenters. The molecule has 1 atom stereocenters. The van der Waals surface area contributed by atoms with Crippen LogP contribution < -0.4 is 5.73 Å². The van der Waals surface area contributed by atoms with Gasteiger partial charge in [0.2, 0.25) is 10.0 Å². The summed E-state index contributed by atoms with van der Waals surface area (Å²) >= 11 is 0. The lowest BCUT2D eigenvalue weighted by Crippen LogP contribution is -2.44. The monoisotopic (exact) mass is 263 g/mol. The van der Waals surface area contributed by atoms with Crippen molar-refractivity contribution in [3.05, 3.63) is 0 Å². The molecule has 0 aromatic heterocycles. The van der Waals surface area contributed by atoms with Gasteiger partial charge in [-0.15, -0.1) is 0 Å². The van der Waals surface area contributed by atoms with Gasteiger partial charge in [-0.25, -0.2) is 12.7 Å². The van der Waals surface area contributed by atoms with E-state index < -0.39 is 10.0 Å². The first-order chi connectivity index (χ1) is 7.97. The van der Waals surface area contributed by atoms with Gasteiger partial charge in [-0.3, -0.25) is 5.41 Å². The zero-order valence-electron chi connectivity index (χ0n) is 10.2. The molecular formula is C10H21N3O3S. The van der Waals surface area contributed by atoms with Crippen molar-refractivity contribution in [3.63, 3.8) is 0 Å². The number of piperidine rings is 1. The number of rotatable bonds is 6. The van der Waals surface area contributed by atoms with Crippen LogP contribution >= 0.6 is 0 Å². The largest absolute Gasteiger partial charge is 0.387 e. The molecule has 7 heteroatoms. The van der Waals surface area contributed by atoms with Crippen molar-refractivity contribution in [1.29, 1.82) is 5.41 Å². The molecular weight excluding hydrogens is 242 g/mol. The molecule has 0 amide bonds. The second kappa shape index (κ2) is 6.32. The van der Waals surface area contributed by atoms with Gasteiger partial charge in [-0.05, 0) is 19.3 Å². The number of nitrogens with two attached hydrogens (primary N) is 1. The summed E-state index contributed by atoms with van der Waals surface area (Å²) in [5.74, 6) is 0.0635.